The Labute approximate surface area is 208 Å². The van der Waals surface area contributed by atoms with Crippen LogP contribution in [0.15, 0.2) is 83.8 Å². The van der Waals surface area contributed by atoms with Crippen LogP contribution in [0.1, 0.15) is 40.7 Å². The smallest absolute Gasteiger partial charge is 0.253 e. The van der Waals surface area contributed by atoms with Gasteiger partial charge in [-0.05, 0) is 73.1 Å². The van der Waals surface area contributed by atoms with Crippen molar-refractivity contribution in [1.82, 2.24) is 4.90 Å². The van der Waals surface area contributed by atoms with Crippen molar-refractivity contribution in [1.29, 1.82) is 0 Å². The quantitative estimate of drug-likeness (QED) is 0.492. The van der Waals surface area contributed by atoms with E-state index in [1.807, 2.05) is 41.3 Å². The molecule has 2 aliphatic heterocycles. The normalized spacial score (nSPS) is 18.2. The zero-order valence-electron chi connectivity index (χ0n) is 20.0. The molecule has 0 aromatic heterocycles. The molecule has 35 heavy (non-hydrogen) atoms. The molecule has 0 bridgehead atoms. The second-order valence-electron chi connectivity index (χ2n) is 9.73. The molecule has 1 unspecified atom stereocenters. The van der Waals surface area contributed by atoms with Crippen LogP contribution in [0.3, 0.4) is 0 Å². The van der Waals surface area contributed by atoms with Crippen molar-refractivity contribution in [2.24, 2.45) is 5.92 Å². The fraction of sp³-hybridized carbons (Fsp3) is 0.345. The number of fused-ring (bicyclic) bond motifs is 1. The van der Waals surface area contributed by atoms with Gasteiger partial charge in [0.15, 0.2) is 9.84 Å². The van der Waals surface area contributed by atoms with Crippen LogP contribution in [-0.4, -0.2) is 44.6 Å². The molecule has 0 N–H and O–H groups in total. The first-order valence-electron chi connectivity index (χ1n) is 12.5. The number of hydrogen-bond acceptors (Lipinski definition) is 4. The number of nitrogens with zero attached hydrogens (tertiary/aromatic N) is 2. The van der Waals surface area contributed by atoms with Crippen molar-refractivity contribution in [3.05, 3.63) is 95.6 Å². The Morgan fingerprint density at radius 1 is 0.857 bits per heavy atom. The molecule has 3 aromatic carbocycles. The van der Waals surface area contributed by atoms with Crippen LogP contribution in [0.5, 0.6) is 0 Å². The van der Waals surface area contributed by atoms with E-state index in [2.05, 4.69) is 23.1 Å². The van der Waals surface area contributed by atoms with E-state index in [4.69, 9.17) is 0 Å². The first-order valence-corrected chi connectivity index (χ1v) is 14.1. The maximum atomic E-state index is 13.2. The number of rotatable bonds is 6. The van der Waals surface area contributed by atoms with Crippen molar-refractivity contribution in [2.75, 3.05) is 30.3 Å². The van der Waals surface area contributed by atoms with E-state index in [0.29, 0.717) is 30.0 Å². The molecule has 0 saturated carbocycles. The Morgan fingerprint density at radius 3 is 2.26 bits per heavy atom. The van der Waals surface area contributed by atoms with Gasteiger partial charge in [-0.25, -0.2) is 8.42 Å². The largest absolute Gasteiger partial charge is 0.367 e. The molecule has 0 radical (unpaired) electrons. The number of likely N-dealkylation sites (tertiary alicyclic amines) is 1. The summed E-state index contributed by atoms with van der Waals surface area (Å²) in [7, 11) is -3.40. The van der Waals surface area contributed by atoms with Gasteiger partial charge < -0.3 is 9.80 Å². The molecule has 3 aromatic rings. The monoisotopic (exact) mass is 488 g/mol. The summed E-state index contributed by atoms with van der Waals surface area (Å²) in [6.45, 7) is 2.99. The van der Waals surface area contributed by atoms with Gasteiger partial charge >= 0.3 is 0 Å². The number of benzene rings is 3. The van der Waals surface area contributed by atoms with Gasteiger partial charge in [0.05, 0.1) is 10.6 Å². The highest BCUT2D eigenvalue weighted by atomic mass is 32.2. The van der Waals surface area contributed by atoms with Gasteiger partial charge in [-0.1, -0.05) is 48.5 Å². The third-order valence-corrected chi connectivity index (χ3v) is 8.97. The maximum Gasteiger partial charge on any atom is 0.253 e. The molecule has 1 saturated heterocycles. The van der Waals surface area contributed by atoms with Crippen molar-refractivity contribution in [2.45, 2.75) is 37.1 Å². The zero-order chi connectivity index (χ0) is 24.3. The fourth-order valence-corrected chi connectivity index (χ4v) is 6.96. The average molecular weight is 489 g/mol. The molecule has 2 heterocycles. The molecule has 6 heteroatoms. The highest BCUT2D eigenvalue weighted by Crippen LogP contribution is 2.33. The summed E-state index contributed by atoms with van der Waals surface area (Å²) < 4.78 is 26.4. The van der Waals surface area contributed by atoms with Crippen molar-refractivity contribution >= 4 is 21.4 Å². The molecule has 5 nitrogen and oxygen atoms in total. The first-order chi connectivity index (χ1) is 17.0. The lowest BCUT2D eigenvalue weighted by atomic mass is 9.91. The summed E-state index contributed by atoms with van der Waals surface area (Å²) in [5.41, 5.74) is 4.04. The molecule has 0 spiro atoms. The Kier molecular flexibility index (Phi) is 6.91. The zero-order valence-corrected chi connectivity index (χ0v) is 20.8. The number of amides is 1. The Morgan fingerprint density at radius 2 is 1.54 bits per heavy atom. The fourth-order valence-electron chi connectivity index (χ4n) is 5.36. The number of carbonyl (C=O) groups excluding carboxylic acids is 1. The summed E-state index contributed by atoms with van der Waals surface area (Å²) in [6.07, 6.45) is 3.94. The lowest BCUT2D eigenvalue weighted by molar-refractivity contribution is 0.0724. The van der Waals surface area contributed by atoms with Crippen molar-refractivity contribution in [3.63, 3.8) is 0 Å². The minimum atomic E-state index is -3.40. The summed E-state index contributed by atoms with van der Waals surface area (Å²) in [6, 6.07) is 24.9. The molecule has 1 amide bonds. The lowest BCUT2D eigenvalue weighted by Gasteiger charge is -2.37. The Balaban J connectivity index is 1.44. The van der Waals surface area contributed by atoms with Crippen LogP contribution in [0, 0.1) is 5.92 Å². The molecular weight excluding hydrogens is 456 g/mol. The second kappa shape index (κ2) is 10.2. The number of carbonyl (C=O) groups is 1. The van der Waals surface area contributed by atoms with Gasteiger partial charge in [-0.3, -0.25) is 4.79 Å². The van der Waals surface area contributed by atoms with E-state index in [-0.39, 0.29) is 17.6 Å². The van der Waals surface area contributed by atoms with Gasteiger partial charge in [0, 0.05) is 37.4 Å². The van der Waals surface area contributed by atoms with Crippen LogP contribution in [0.25, 0.3) is 0 Å². The predicted molar refractivity (Wildman–Crippen MR) is 139 cm³/mol. The van der Waals surface area contributed by atoms with E-state index < -0.39 is 9.84 Å². The van der Waals surface area contributed by atoms with E-state index in [1.54, 1.807) is 24.3 Å². The third kappa shape index (κ3) is 5.43. The molecule has 1 fully saturated rings. The second-order valence-corrected chi connectivity index (χ2v) is 11.8. The molecule has 0 aliphatic carbocycles. The average Bonchev–Trinajstić information content (AvgIpc) is 2.89. The molecule has 182 valence electrons. The van der Waals surface area contributed by atoms with Gasteiger partial charge in [-0.15, -0.1) is 0 Å². The number of hydrogen-bond donors (Lipinski definition) is 0. The van der Waals surface area contributed by atoms with E-state index in [9.17, 15) is 13.2 Å². The highest BCUT2D eigenvalue weighted by Gasteiger charge is 2.30. The first kappa shape index (κ1) is 23.6. The van der Waals surface area contributed by atoms with Gasteiger partial charge in [0.2, 0.25) is 0 Å². The van der Waals surface area contributed by atoms with Crippen LogP contribution in [0.2, 0.25) is 0 Å². The SMILES string of the molecule is O=C(c1ccc2c(c1)CC(CS(=O)(=O)c1ccccc1)CN2Cc1ccccc1)N1CCCCC1. The number of anilines is 1. The maximum absolute atomic E-state index is 13.2. The van der Waals surface area contributed by atoms with E-state index >= 15 is 0 Å². The van der Waals surface area contributed by atoms with Crippen molar-refractivity contribution in [3.8, 4) is 0 Å². The summed E-state index contributed by atoms with van der Waals surface area (Å²) >= 11 is 0. The number of sulfone groups is 1. The Hall–Kier alpha value is -3.12. The summed E-state index contributed by atoms with van der Waals surface area (Å²) in [5, 5.41) is 0. The summed E-state index contributed by atoms with van der Waals surface area (Å²) in [5.74, 6) is 0.115. The topological polar surface area (TPSA) is 57.7 Å². The van der Waals surface area contributed by atoms with Crippen LogP contribution in [-0.2, 0) is 22.8 Å². The van der Waals surface area contributed by atoms with Crippen molar-refractivity contribution < 1.29 is 13.2 Å². The third-order valence-electron chi connectivity index (χ3n) is 7.07. The Bertz CT molecular complexity index is 1270. The minimum absolute atomic E-state index is 0.0586. The number of piperidine rings is 1. The van der Waals surface area contributed by atoms with Gasteiger partial charge in [-0.2, -0.15) is 0 Å². The minimum Gasteiger partial charge on any atom is -0.367 e. The standard InChI is InChI=1S/C29H32N2O3S/c32-29(30-16-8-3-9-17-30)25-14-15-28-26(19-25)18-24(21-31(28)20-23-10-4-1-5-11-23)22-35(33,34)27-12-6-2-7-13-27/h1-2,4-7,10-15,19,24H,3,8-9,16-18,20-22H2. The van der Waals surface area contributed by atoms with Crippen LogP contribution in [0.4, 0.5) is 5.69 Å². The van der Waals surface area contributed by atoms with E-state index in [0.717, 1.165) is 37.2 Å². The molecular formula is C29H32N2O3S. The van der Waals surface area contributed by atoms with Crippen LogP contribution < -0.4 is 4.90 Å². The highest BCUT2D eigenvalue weighted by molar-refractivity contribution is 7.91. The van der Waals surface area contributed by atoms with Gasteiger partial charge in [0.1, 0.15) is 0 Å². The lowest BCUT2D eigenvalue weighted by Crippen LogP contribution is -2.39. The van der Waals surface area contributed by atoms with E-state index in [1.165, 1.54) is 12.0 Å². The summed E-state index contributed by atoms with van der Waals surface area (Å²) in [4.78, 5) is 17.8. The molecule has 2 aliphatic rings. The predicted octanol–water partition coefficient (Wildman–Crippen LogP) is 4.97. The molecule has 5 rings (SSSR count). The molecule has 1 atom stereocenters. The van der Waals surface area contributed by atoms with Crippen LogP contribution >= 0.6 is 0 Å². The van der Waals surface area contributed by atoms with Gasteiger partial charge in [0.25, 0.3) is 5.91 Å².